The molecule has 0 aromatic heterocycles. The van der Waals surface area contributed by atoms with Crippen molar-refractivity contribution in [3.05, 3.63) is 11.6 Å². The fraction of sp³-hybridized carbons (Fsp3) is 0.769. The molecule has 0 bridgehead atoms. The Morgan fingerprint density at radius 2 is 2.31 bits per heavy atom. The summed E-state index contributed by atoms with van der Waals surface area (Å²) in [5.74, 6) is 0.278. The fourth-order valence-electron chi connectivity index (χ4n) is 2.91. The molecule has 3 nitrogen and oxygen atoms in total. The van der Waals surface area contributed by atoms with Crippen LogP contribution in [0.1, 0.15) is 39.0 Å². The van der Waals surface area contributed by atoms with Gasteiger partial charge in [0.15, 0.2) is 5.78 Å². The average Bonchev–Trinajstić information content (AvgIpc) is 2.27. The molecule has 0 heterocycles. The van der Waals surface area contributed by atoms with Gasteiger partial charge in [0.1, 0.15) is 6.79 Å². The molecular weight excluding hydrogens is 204 g/mol. The quantitative estimate of drug-likeness (QED) is 0.691. The molecule has 16 heavy (non-hydrogen) atoms. The first-order valence-corrected chi connectivity index (χ1v) is 6.01. The van der Waals surface area contributed by atoms with E-state index in [4.69, 9.17) is 9.47 Å². The molecule has 1 fully saturated rings. The van der Waals surface area contributed by atoms with Crippen LogP contribution in [-0.4, -0.2) is 25.8 Å². The Balaban J connectivity index is 2.16. The van der Waals surface area contributed by atoms with Gasteiger partial charge >= 0.3 is 0 Å². The van der Waals surface area contributed by atoms with E-state index >= 15 is 0 Å². The van der Waals surface area contributed by atoms with Crippen LogP contribution in [0, 0.1) is 5.41 Å². The van der Waals surface area contributed by atoms with E-state index in [-0.39, 0.29) is 17.3 Å². The number of hydrogen-bond donors (Lipinski definition) is 0. The van der Waals surface area contributed by atoms with Crippen LogP contribution in [0.25, 0.3) is 0 Å². The summed E-state index contributed by atoms with van der Waals surface area (Å²) < 4.78 is 10.7. The molecule has 3 heteroatoms. The van der Waals surface area contributed by atoms with E-state index in [0.717, 1.165) is 25.7 Å². The molecule has 2 aliphatic rings. The molecule has 2 aliphatic carbocycles. The number of ketones is 1. The first-order chi connectivity index (χ1) is 7.66. The third kappa shape index (κ3) is 2.06. The summed E-state index contributed by atoms with van der Waals surface area (Å²) in [7, 11) is 1.65. The molecule has 1 saturated carbocycles. The zero-order valence-corrected chi connectivity index (χ0v) is 10.1. The molecule has 0 amide bonds. The summed E-state index contributed by atoms with van der Waals surface area (Å²) in [4.78, 5) is 11.4. The van der Waals surface area contributed by atoms with E-state index in [0.29, 0.717) is 13.2 Å². The monoisotopic (exact) mass is 224 g/mol. The van der Waals surface area contributed by atoms with Crippen molar-refractivity contribution < 1.29 is 14.3 Å². The topological polar surface area (TPSA) is 35.5 Å². The molecule has 0 N–H and O–H groups in total. The molecule has 0 aliphatic heterocycles. The summed E-state index contributed by atoms with van der Waals surface area (Å²) >= 11 is 0. The van der Waals surface area contributed by atoms with Crippen LogP contribution in [0.2, 0.25) is 0 Å². The highest BCUT2D eigenvalue weighted by atomic mass is 16.7. The third-order valence-electron chi connectivity index (χ3n) is 3.97. The van der Waals surface area contributed by atoms with Gasteiger partial charge in [0.25, 0.3) is 0 Å². The Kier molecular flexibility index (Phi) is 3.45. The molecule has 90 valence electrons. The van der Waals surface area contributed by atoms with Crippen LogP contribution in [0.5, 0.6) is 0 Å². The molecule has 0 unspecified atom stereocenters. The van der Waals surface area contributed by atoms with Gasteiger partial charge in [0.05, 0.1) is 6.10 Å². The van der Waals surface area contributed by atoms with Crippen molar-refractivity contribution in [3.8, 4) is 0 Å². The Labute approximate surface area is 96.8 Å². The zero-order chi connectivity index (χ0) is 11.6. The van der Waals surface area contributed by atoms with Crippen molar-refractivity contribution in [2.75, 3.05) is 13.9 Å². The van der Waals surface area contributed by atoms with Crippen LogP contribution >= 0.6 is 0 Å². The second-order valence-electron chi connectivity index (χ2n) is 5.01. The molecule has 0 saturated heterocycles. The highest BCUT2D eigenvalue weighted by molar-refractivity contribution is 5.91. The van der Waals surface area contributed by atoms with Gasteiger partial charge in [-0.25, -0.2) is 0 Å². The second kappa shape index (κ2) is 4.68. The van der Waals surface area contributed by atoms with Crippen molar-refractivity contribution in [2.24, 2.45) is 5.41 Å². The Morgan fingerprint density at radius 1 is 1.50 bits per heavy atom. The normalized spacial score (nSPS) is 34.5. The highest BCUT2D eigenvalue weighted by Gasteiger charge is 2.43. The van der Waals surface area contributed by atoms with E-state index < -0.39 is 0 Å². The Bertz CT molecular complexity index is 308. The highest BCUT2D eigenvalue weighted by Crippen LogP contribution is 2.47. The van der Waals surface area contributed by atoms with Gasteiger partial charge in [-0.1, -0.05) is 12.5 Å². The molecule has 0 radical (unpaired) electrons. The summed E-state index contributed by atoms with van der Waals surface area (Å²) in [5.41, 5.74) is 1.35. The summed E-state index contributed by atoms with van der Waals surface area (Å²) in [6, 6.07) is 0. The minimum Gasteiger partial charge on any atom is -0.359 e. The largest absolute Gasteiger partial charge is 0.359 e. The van der Waals surface area contributed by atoms with Gasteiger partial charge in [-0.05, 0) is 31.8 Å². The van der Waals surface area contributed by atoms with Gasteiger partial charge in [-0.3, -0.25) is 4.79 Å². The van der Waals surface area contributed by atoms with Gasteiger partial charge in [-0.2, -0.15) is 0 Å². The van der Waals surface area contributed by atoms with E-state index in [1.807, 2.05) is 6.08 Å². The number of hydrogen-bond acceptors (Lipinski definition) is 3. The first kappa shape index (κ1) is 11.8. The predicted octanol–water partition coefficient (Wildman–Crippen LogP) is 2.46. The number of ether oxygens (including phenoxy) is 2. The summed E-state index contributed by atoms with van der Waals surface area (Å²) in [6.07, 6.45) is 6.88. The molecule has 0 spiro atoms. The fourth-order valence-corrected chi connectivity index (χ4v) is 2.91. The maximum atomic E-state index is 11.4. The molecule has 0 aromatic rings. The van der Waals surface area contributed by atoms with Crippen LogP contribution in [-0.2, 0) is 14.3 Å². The molecule has 0 aromatic carbocycles. The lowest BCUT2D eigenvalue weighted by Gasteiger charge is -2.45. The summed E-state index contributed by atoms with van der Waals surface area (Å²) in [5, 5.41) is 0. The van der Waals surface area contributed by atoms with E-state index in [9.17, 15) is 4.79 Å². The Hall–Kier alpha value is -0.670. The first-order valence-electron chi connectivity index (χ1n) is 6.01. The number of carbonyl (C=O) groups excluding carboxylic acids is 1. The number of fused-ring (bicyclic) bond motifs is 1. The van der Waals surface area contributed by atoms with Gasteiger partial charge in [-0.15, -0.1) is 0 Å². The van der Waals surface area contributed by atoms with Crippen molar-refractivity contribution >= 4 is 5.78 Å². The molecule has 2 atom stereocenters. The van der Waals surface area contributed by atoms with Crippen LogP contribution in [0.15, 0.2) is 11.6 Å². The zero-order valence-electron chi connectivity index (χ0n) is 10.1. The van der Waals surface area contributed by atoms with Crippen molar-refractivity contribution in [2.45, 2.75) is 45.1 Å². The average molecular weight is 224 g/mol. The number of allylic oxidation sites excluding steroid dienone is 1. The Morgan fingerprint density at radius 3 is 3.06 bits per heavy atom. The predicted molar refractivity (Wildman–Crippen MR) is 61.0 cm³/mol. The smallest absolute Gasteiger partial charge is 0.155 e. The minimum absolute atomic E-state index is 0.0602. The molecular formula is C13H20O3. The van der Waals surface area contributed by atoms with Crippen molar-refractivity contribution in [1.29, 1.82) is 0 Å². The number of carbonyl (C=O) groups is 1. The van der Waals surface area contributed by atoms with Crippen LogP contribution < -0.4 is 0 Å². The number of methoxy groups -OCH3 is 1. The van der Waals surface area contributed by atoms with Crippen molar-refractivity contribution in [3.63, 3.8) is 0 Å². The SMILES string of the molecule is COCO[C@H]1CCCC2=CC(=O)CC[C@@]21C. The van der Waals surface area contributed by atoms with Gasteiger partial charge < -0.3 is 9.47 Å². The standard InChI is InChI=1S/C13H20O3/c1-13-7-6-11(14)8-10(13)4-3-5-12(13)16-9-15-2/h8,12H,3-7,9H2,1-2H3/t12-,13-/m0/s1. The van der Waals surface area contributed by atoms with Crippen molar-refractivity contribution in [1.82, 2.24) is 0 Å². The van der Waals surface area contributed by atoms with E-state index in [1.54, 1.807) is 7.11 Å². The summed E-state index contributed by atoms with van der Waals surface area (Å²) in [6.45, 7) is 2.58. The minimum atomic E-state index is 0.0602. The lowest BCUT2D eigenvalue weighted by atomic mass is 9.64. The maximum absolute atomic E-state index is 11.4. The number of rotatable bonds is 3. The van der Waals surface area contributed by atoms with E-state index in [1.165, 1.54) is 5.57 Å². The lowest BCUT2D eigenvalue weighted by Crippen LogP contribution is -2.42. The van der Waals surface area contributed by atoms with E-state index in [2.05, 4.69) is 6.92 Å². The van der Waals surface area contributed by atoms with Crippen LogP contribution in [0.3, 0.4) is 0 Å². The molecule has 2 rings (SSSR count). The second-order valence-corrected chi connectivity index (χ2v) is 5.01. The lowest BCUT2D eigenvalue weighted by molar-refractivity contribution is -0.126. The maximum Gasteiger partial charge on any atom is 0.155 e. The third-order valence-corrected chi connectivity index (χ3v) is 3.97. The van der Waals surface area contributed by atoms with Crippen LogP contribution in [0.4, 0.5) is 0 Å². The van der Waals surface area contributed by atoms with Gasteiger partial charge in [0.2, 0.25) is 0 Å². The van der Waals surface area contributed by atoms with Gasteiger partial charge in [0, 0.05) is 18.9 Å².